The highest BCUT2D eigenvalue weighted by molar-refractivity contribution is 5.76. The number of carboxylic acid groups (broad SMARTS) is 1. The lowest BCUT2D eigenvalue weighted by Gasteiger charge is -2.34. The number of rotatable bonds is 4. The summed E-state index contributed by atoms with van der Waals surface area (Å²) in [5, 5.41) is 12.0. The molecule has 26 heavy (non-hydrogen) atoms. The van der Waals surface area contributed by atoms with E-state index in [0.29, 0.717) is 18.8 Å². The standard InChI is InChI=1S/C19H22N4O3/c1-13-7-15(18(24)25)12-23(11-13)19(26)22-10-17-20-8-16(9-21-17)14-5-3-2-4-6-14/h2-6,8-9,13,15H,7,10-12H2,1H3,(H,22,26)(H,24,25). The van der Waals surface area contributed by atoms with E-state index in [1.54, 1.807) is 17.3 Å². The van der Waals surface area contributed by atoms with Gasteiger partial charge in [-0.05, 0) is 17.9 Å². The van der Waals surface area contributed by atoms with Gasteiger partial charge in [-0.25, -0.2) is 14.8 Å². The van der Waals surface area contributed by atoms with Gasteiger partial charge in [-0.3, -0.25) is 4.79 Å². The van der Waals surface area contributed by atoms with Gasteiger partial charge in [-0.2, -0.15) is 0 Å². The zero-order valence-electron chi connectivity index (χ0n) is 14.6. The van der Waals surface area contributed by atoms with Crippen molar-refractivity contribution in [3.05, 3.63) is 48.5 Å². The fourth-order valence-electron chi connectivity index (χ4n) is 3.19. The summed E-state index contributed by atoms with van der Waals surface area (Å²) in [4.78, 5) is 33.7. The lowest BCUT2D eigenvalue weighted by Crippen LogP contribution is -2.49. The third kappa shape index (κ3) is 4.36. The lowest BCUT2D eigenvalue weighted by atomic mass is 9.91. The van der Waals surface area contributed by atoms with Crippen LogP contribution in [0.3, 0.4) is 0 Å². The molecule has 2 heterocycles. The molecule has 136 valence electrons. The fraction of sp³-hybridized carbons (Fsp3) is 0.368. The Morgan fingerprint density at radius 1 is 1.15 bits per heavy atom. The second-order valence-corrected chi connectivity index (χ2v) is 6.69. The molecular formula is C19H22N4O3. The molecule has 1 aliphatic rings. The summed E-state index contributed by atoms with van der Waals surface area (Å²) >= 11 is 0. The molecule has 0 bridgehead atoms. The number of aliphatic carboxylic acids is 1. The highest BCUT2D eigenvalue weighted by Gasteiger charge is 2.31. The van der Waals surface area contributed by atoms with Crippen molar-refractivity contribution in [2.24, 2.45) is 11.8 Å². The van der Waals surface area contributed by atoms with E-state index in [1.807, 2.05) is 37.3 Å². The molecule has 3 rings (SSSR count). The molecule has 1 saturated heterocycles. The highest BCUT2D eigenvalue weighted by atomic mass is 16.4. The maximum Gasteiger partial charge on any atom is 0.317 e. The number of amides is 2. The third-order valence-corrected chi connectivity index (χ3v) is 4.51. The van der Waals surface area contributed by atoms with E-state index in [-0.39, 0.29) is 25.0 Å². The van der Waals surface area contributed by atoms with Crippen LogP contribution >= 0.6 is 0 Å². The number of carbonyl (C=O) groups is 2. The number of carbonyl (C=O) groups excluding carboxylic acids is 1. The van der Waals surface area contributed by atoms with Crippen molar-refractivity contribution in [3.63, 3.8) is 0 Å². The van der Waals surface area contributed by atoms with Crippen molar-refractivity contribution >= 4 is 12.0 Å². The molecule has 1 aromatic heterocycles. The van der Waals surface area contributed by atoms with E-state index in [4.69, 9.17) is 0 Å². The molecule has 1 aromatic carbocycles. The summed E-state index contributed by atoms with van der Waals surface area (Å²) in [5.74, 6) is -0.685. The molecule has 2 aromatic rings. The molecule has 2 N–H and O–H groups in total. The molecule has 7 nitrogen and oxygen atoms in total. The van der Waals surface area contributed by atoms with Crippen molar-refractivity contribution in [2.75, 3.05) is 13.1 Å². The van der Waals surface area contributed by atoms with Crippen molar-refractivity contribution in [2.45, 2.75) is 19.9 Å². The minimum atomic E-state index is -0.853. The Labute approximate surface area is 152 Å². The number of nitrogens with one attached hydrogen (secondary N) is 1. The quantitative estimate of drug-likeness (QED) is 0.879. The summed E-state index contributed by atoms with van der Waals surface area (Å²) in [7, 11) is 0. The molecule has 2 atom stereocenters. The number of hydrogen-bond acceptors (Lipinski definition) is 4. The first-order chi connectivity index (χ1) is 12.5. The summed E-state index contributed by atoms with van der Waals surface area (Å²) in [5.41, 5.74) is 1.94. The van der Waals surface area contributed by atoms with Gasteiger partial charge in [0.2, 0.25) is 0 Å². The van der Waals surface area contributed by atoms with E-state index in [0.717, 1.165) is 11.1 Å². The zero-order valence-corrected chi connectivity index (χ0v) is 14.6. The fourth-order valence-corrected chi connectivity index (χ4v) is 3.19. The first-order valence-corrected chi connectivity index (χ1v) is 8.65. The summed E-state index contributed by atoms with van der Waals surface area (Å²) < 4.78 is 0. The average Bonchev–Trinajstić information content (AvgIpc) is 2.66. The number of piperidine rings is 1. The lowest BCUT2D eigenvalue weighted by molar-refractivity contribution is -0.143. The minimum Gasteiger partial charge on any atom is -0.481 e. The second-order valence-electron chi connectivity index (χ2n) is 6.69. The van der Waals surface area contributed by atoms with Gasteiger partial charge in [-0.1, -0.05) is 37.3 Å². The number of aromatic nitrogens is 2. The van der Waals surface area contributed by atoms with E-state index in [9.17, 15) is 14.7 Å². The number of nitrogens with zero attached hydrogens (tertiary/aromatic N) is 3. The van der Waals surface area contributed by atoms with Crippen LogP contribution in [-0.4, -0.2) is 45.1 Å². The van der Waals surface area contributed by atoms with Crippen LogP contribution in [0.1, 0.15) is 19.2 Å². The van der Waals surface area contributed by atoms with Crippen LogP contribution in [0.15, 0.2) is 42.7 Å². The van der Waals surface area contributed by atoms with Gasteiger partial charge < -0.3 is 15.3 Å². The molecule has 0 spiro atoms. The second kappa shape index (κ2) is 7.95. The van der Waals surface area contributed by atoms with Crippen molar-refractivity contribution in [3.8, 4) is 11.1 Å². The molecule has 2 amide bonds. The van der Waals surface area contributed by atoms with E-state index in [1.165, 1.54) is 0 Å². The van der Waals surface area contributed by atoms with Gasteiger partial charge >= 0.3 is 12.0 Å². The number of urea groups is 1. The van der Waals surface area contributed by atoms with Gasteiger partial charge in [0.25, 0.3) is 0 Å². The molecule has 2 unspecified atom stereocenters. The maximum absolute atomic E-state index is 12.3. The molecule has 1 aliphatic heterocycles. The van der Waals surface area contributed by atoms with Crippen molar-refractivity contribution in [1.82, 2.24) is 20.2 Å². The normalized spacial score (nSPS) is 19.8. The molecule has 0 radical (unpaired) electrons. The van der Waals surface area contributed by atoms with Crippen LogP contribution in [0.2, 0.25) is 0 Å². The molecule has 0 saturated carbocycles. The van der Waals surface area contributed by atoms with E-state index < -0.39 is 11.9 Å². The van der Waals surface area contributed by atoms with Crippen molar-refractivity contribution < 1.29 is 14.7 Å². The Morgan fingerprint density at radius 3 is 2.50 bits per heavy atom. The SMILES string of the molecule is CC1CC(C(=O)O)CN(C(=O)NCc2ncc(-c3ccccc3)cn2)C1. The van der Waals surface area contributed by atoms with Crippen LogP contribution in [-0.2, 0) is 11.3 Å². The first-order valence-electron chi connectivity index (χ1n) is 8.65. The predicted molar refractivity (Wildman–Crippen MR) is 96.2 cm³/mol. The molecule has 1 fully saturated rings. The van der Waals surface area contributed by atoms with Gasteiger partial charge in [0, 0.05) is 31.0 Å². The Hall–Kier alpha value is -2.96. The van der Waals surface area contributed by atoms with E-state index >= 15 is 0 Å². The topological polar surface area (TPSA) is 95.4 Å². The Balaban J connectivity index is 1.56. The first kappa shape index (κ1) is 17.8. The van der Waals surface area contributed by atoms with Crippen LogP contribution in [0, 0.1) is 11.8 Å². The van der Waals surface area contributed by atoms with Crippen LogP contribution in [0.4, 0.5) is 4.79 Å². The van der Waals surface area contributed by atoms with Gasteiger partial charge in [0.15, 0.2) is 0 Å². The van der Waals surface area contributed by atoms with E-state index in [2.05, 4.69) is 15.3 Å². The number of hydrogen-bond donors (Lipinski definition) is 2. The Bertz CT molecular complexity index is 764. The van der Waals surface area contributed by atoms with Crippen LogP contribution in [0.25, 0.3) is 11.1 Å². The number of carboxylic acids is 1. The predicted octanol–water partition coefficient (Wildman–Crippen LogP) is 2.40. The monoisotopic (exact) mass is 354 g/mol. The minimum absolute atomic E-state index is 0.164. The van der Waals surface area contributed by atoms with Crippen LogP contribution in [0.5, 0.6) is 0 Å². The Morgan fingerprint density at radius 2 is 1.85 bits per heavy atom. The molecular weight excluding hydrogens is 332 g/mol. The summed E-state index contributed by atoms with van der Waals surface area (Å²) in [6.07, 6.45) is 4.06. The van der Waals surface area contributed by atoms with Crippen molar-refractivity contribution in [1.29, 1.82) is 0 Å². The largest absolute Gasteiger partial charge is 0.481 e. The average molecular weight is 354 g/mol. The number of likely N-dealkylation sites (tertiary alicyclic amines) is 1. The summed E-state index contributed by atoms with van der Waals surface area (Å²) in [6.45, 7) is 2.96. The number of benzene rings is 1. The van der Waals surface area contributed by atoms with Crippen LogP contribution < -0.4 is 5.32 Å². The Kier molecular flexibility index (Phi) is 5.46. The third-order valence-electron chi connectivity index (χ3n) is 4.51. The van der Waals surface area contributed by atoms with Gasteiger partial charge in [0.1, 0.15) is 5.82 Å². The smallest absolute Gasteiger partial charge is 0.317 e. The zero-order chi connectivity index (χ0) is 18.5. The van der Waals surface area contributed by atoms with Gasteiger partial charge in [-0.15, -0.1) is 0 Å². The summed E-state index contributed by atoms with van der Waals surface area (Å²) in [6, 6.07) is 9.54. The maximum atomic E-state index is 12.3. The highest BCUT2D eigenvalue weighted by Crippen LogP contribution is 2.22. The van der Waals surface area contributed by atoms with Gasteiger partial charge in [0.05, 0.1) is 12.5 Å². The molecule has 0 aliphatic carbocycles. The molecule has 7 heteroatoms.